The summed E-state index contributed by atoms with van der Waals surface area (Å²) in [5, 5.41) is 3.72. The Morgan fingerprint density at radius 1 is 1.05 bits per heavy atom. The van der Waals surface area contributed by atoms with Crippen LogP contribution in [0.25, 0.3) is 0 Å². The van der Waals surface area contributed by atoms with Crippen LogP contribution in [0.1, 0.15) is 48.4 Å². The average molecular weight is 281 g/mol. The van der Waals surface area contributed by atoms with Gasteiger partial charge in [-0.15, -0.1) is 0 Å². The highest BCUT2D eigenvalue weighted by Crippen LogP contribution is 2.39. The predicted molar refractivity (Wildman–Crippen MR) is 88.2 cm³/mol. The molecule has 0 bridgehead atoms. The van der Waals surface area contributed by atoms with Crippen molar-refractivity contribution in [3.63, 3.8) is 0 Å². The van der Waals surface area contributed by atoms with Crippen molar-refractivity contribution in [2.45, 2.75) is 38.6 Å². The second kappa shape index (κ2) is 5.80. The summed E-state index contributed by atoms with van der Waals surface area (Å²) in [6, 6.07) is 15.5. The number of ether oxygens (including phenoxy) is 1. The van der Waals surface area contributed by atoms with Crippen molar-refractivity contribution in [2.75, 3.05) is 12.4 Å². The zero-order valence-electron chi connectivity index (χ0n) is 13.0. The van der Waals surface area contributed by atoms with E-state index in [0.29, 0.717) is 12.0 Å². The molecular weight excluding hydrogens is 258 g/mol. The monoisotopic (exact) mass is 281 g/mol. The Morgan fingerprint density at radius 3 is 2.52 bits per heavy atom. The first-order valence-corrected chi connectivity index (χ1v) is 7.69. The van der Waals surface area contributed by atoms with E-state index in [4.69, 9.17) is 4.74 Å². The molecule has 0 fully saturated rings. The highest BCUT2D eigenvalue weighted by molar-refractivity contribution is 5.55. The van der Waals surface area contributed by atoms with Gasteiger partial charge in [0, 0.05) is 5.69 Å². The van der Waals surface area contributed by atoms with Gasteiger partial charge in [-0.3, -0.25) is 0 Å². The van der Waals surface area contributed by atoms with Gasteiger partial charge in [0.05, 0.1) is 13.2 Å². The van der Waals surface area contributed by atoms with Crippen molar-refractivity contribution in [1.29, 1.82) is 0 Å². The maximum absolute atomic E-state index is 5.28. The third kappa shape index (κ3) is 2.76. The topological polar surface area (TPSA) is 21.3 Å². The molecule has 0 aromatic heterocycles. The summed E-state index contributed by atoms with van der Waals surface area (Å²) in [7, 11) is 1.71. The van der Waals surface area contributed by atoms with Crippen LogP contribution in [-0.4, -0.2) is 7.11 Å². The smallest absolute Gasteiger partial charge is 0.119 e. The highest BCUT2D eigenvalue weighted by Gasteiger charge is 2.24. The third-order valence-electron chi connectivity index (χ3n) is 4.55. The maximum Gasteiger partial charge on any atom is 0.119 e. The van der Waals surface area contributed by atoms with E-state index in [0.717, 1.165) is 5.75 Å². The standard InChI is InChI=1S/C19H23NO/c1-13-8-10-19(17-7-5-4-6-16(13)17)20-18-11-9-15(21-3)12-14(18)2/h4-7,9,11-13,19-20H,8,10H2,1-3H3. The number of nitrogens with one attached hydrogen (secondary N) is 1. The molecule has 1 aliphatic carbocycles. The fraction of sp³-hybridized carbons (Fsp3) is 0.368. The van der Waals surface area contributed by atoms with E-state index in [1.807, 2.05) is 6.07 Å². The molecule has 0 spiro atoms. The molecular formula is C19H23NO. The van der Waals surface area contributed by atoms with Crippen LogP contribution in [0.3, 0.4) is 0 Å². The SMILES string of the molecule is COc1ccc(NC2CCC(C)c3ccccc32)c(C)c1. The van der Waals surface area contributed by atoms with Crippen LogP contribution in [0.4, 0.5) is 5.69 Å². The van der Waals surface area contributed by atoms with E-state index in [9.17, 15) is 0 Å². The van der Waals surface area contributed by atoms with E-state index in [2.05, 4.69) is 55.6 Å². The van der Waals surface area contributed by atoms with Gasteiger partial charge in [0.1, 0.15) is 5.75 Å². The predicted octanol–water partition coefficient (Wildman–Crippen LogP) is 5.05. The van der Waals surface area contributed by atoms with E-state index in [-0.39, 0.29) is 0 Å². The Kier molecular flexibility index (Phi) is 3.87. The van der Waals surface area contributed by atoms with Gasteiger partial charge in [-0.2, -0.15) is 0 Å². The molecule has 0 saturated heterocycles. The molecule has 2 heteroatoms. The molecule has 2 nitrogen and oxygen atoms in total. The lowest BCUT2D eigenvalue weighted by atomic mass is 9.81. The fourth-order valence-corrected chi connectivity index (χ4v) is 3.27. The van der Waals surface area contributed by atoms with Crippen molar-refractivity contribution in [1.82, 2.24) is 0 Å². The molecule has 2 aromatic carbocycles. The summed E-state index contributed by atoms with van der Waals surface area (Å²) >= 11 is 0. The second-order valence-corrected chi connectivity index (χ2v) is 5.99. The molecule has 0 heterocycles. The number of rotatable bonds is 3. The molecule has 1 N–H and O–H groups in total. The molecule has 0 amide bonds. The van der Waals surface area contributed by atoms with Crippen LogP contribution in [0.5, 0.6) is 5.75 Å². The number of benzene rings is 2. The molecule has 2 unspecified atom stereocenters. The lowest BCUT2D eigenvalue weighted by Gasteiger charge is -2.31. The molecule has 0 radical (unpaired) electrons. The van der Waals surface area contributed by atoms with Gasteiger partial charge >= 0.3 is 0 Å². The van der Waals surface area contributed by atoms with E-state index >= 15 is 0 Å². The quantitative estimate of drug-likeness (QED) is 0.849. The summed E-state index contributed by atoms with van der Waals surface area (Å²) in [4.78, 5) is 0. The lowest BCUT2D eigenvalue weighted by molar-refractivity contribution is 0.414. The normalized spacial score (nSPS) is 20.7. The molecule has 2 aromatic rings. The first-order valence-electron chi connectivity index (χ1n) is 7.69. The summed E-state index contributed by atoms with van der Waals surface area (Å²) in [6.45, 7) is 4.45. The summed E-state index contributed by atoms with van der Waals surface area (Å²) in [6.07, 6.45) is 2.42. The van der Waals surface area contributed by atoms with Crippen molar-refractivity contribution in [2.24, 2.45) is 0 Å². The Morgan fingerprint density at radius 2 is 1.81 bits per heavy atom. The van der Waals surface area contributed by atoms with Gasteiger partial charge in [-0.1, -0.05) is 31.2 Å². The molecule has 0 saturated carbocycles. The van der Waals surface area contributed by atoms with Crippen LogP contribution >= 0.6 is 0 Å². The highest BCUT2D eigenvalue weighted by atomic mass is 16.5. The molecule has 110 valence electrons. The van der Waals surface area contributed by atoms with E-state index < -0.39 is 0 Å². The minimum Gasteiger partial charge on any atom is -0.497 e. The second-order valence-electron chi connectivity index (χ2n) is 5.99. The van der Waals surface area contributed by atoms with Gasteiger partial charge in [-0.05, 0) is 60.6 Å². The van der Waals surface area contributed by atoms with Crippen LogP contribution in [0, 0.1) is 6.92 Å². The Labute approximate surface area is 127 Å². The van der Waals surface area contributed by atoms with Crippen LogP contribution < -0.4 is 10.1 Å². The Balaban J connectivity index is 1.88. The number of aryl methyl sites for hydroxylation is 1. The first-order chi connectivity index (χ1) is 10.2. The largest absolute Gasteiger partial charge is 0.497 e. The minimum atomic E-state index is 0.407. The van der Waals surface area contributed by atoms with Crippen LogP contribution in [0.15, 0.2) is 42.5 Å². The number of hydrogen-bond donors (Lipinski definition) is 1. The molecule has 21 heavy (non-hydrogen) atoms. The maximum atomic E-state index is 5.28. The van der Waals surface area contributed by atoms with Crippen molar-refractivity contribution in [3.8, 4) is 5.75 Å². The minimum absolute atomic E-state index is 0.407. The Hall–Kier alpha value is -1.96. The third-order valence-corrected chi connectivity index (χ3v) is 4.55. The van der Waals surface area contributed by atoms with Crippen LogP contribution in [-0.2, 0) is 0 Å². The van der Waals surface area contributed by atoms with Gasteiger partial charge in [0.2, 0.25) is 0 Å². The molecule has 1 aliphatic rings. The summed E-state index contributed by atoms with van der Waals surface area (Å²) in [5.41, 5.74) is 5.37. The molecule has 0 aliphatic heterocycles. The van der Waals surface area contributed by atoms with E-state index in [1.54, 1.807) is 7.11 Å². The summed E-state index contributed by atoms with van der Waals surface area (Å²) < 4.78 is 5.28. The summed E-state index contributed by atoms with van der Waals surface area (Å²) in [5.74, 6) is 1.58. The number of fused-ring (bicyclic) bond motifs is 1. The van der Waals surface area contributed by atoms with Gasteiger partial charge in [0.25, 0.3) is 0 Å². The number of hydrogen-bond acceptors (Lipinski definition) is 2. The van der Waals surface area contributed by atoms with Crippen molar-refractivity contribution < 1.29 is 4.74 Å². The van der Waals surface area contributed by atoms with Gasteiger partial charge < -0.3 is 10.1 Å². The Bertz CT molecular complexity index is 635. The number of methoxy groups -OCH3 is 1. The van der Waals surface area contributed by atoms with Crippen molar-refractivity contribution >= 4 is 5.69 Å². The molecule has 2 atom stereocenters. The zero-order chi connectivity index (χ0) is 14.8. The van der Waals surface area contributed by atoms with Gasteiger partial charge in [0.15, 0.2) is 0 Å². The average Bonchev–Trinajstić information content (AvgIpc) is 2.52. The lowest BCUT2D eigenvalue weighted by Crippen LogP contribution is -2.19. The van der Waals surface area contributed by atoms with Gasteiger partial charge in [-0.25, -0.2) is 0 Å². The van der Waals surface area contributed by atoms with Crippen molar-refractivity contribution in [3.05, 3.63) is 59.2 Å². The van der Waals surface area contributed by atoms with E-state index in [1.165, 1.54) is 35.2 Å². The zero-order valence-corrected chi connectivity index (χ0v) is 13.0. The van der Waals surface area contributed by atoms with Crippen LogP contribution in [0.2, 0.25) is 0 Å². The number of anilines is 1. The first kappa shape index (κ1) is 14.0. The fourth-order valence-electron chi connectivity index (χ4n) is 3.27. The molecule has 3 rings (SSSR count).